The Kier molecular flexibility index (Phi) is 4.26. The SMILES string of the molecule is CC(=O)O[C@@H](Cc1ccoc1)[C@H]1[C@@]23CCCC(C)(C)[C@@H]2CC[C@]1(C)OC3. The van der Waals surface area contributed by atoms with Gasteiger partial charge in [-0.05, 0) is 55.6 Å². The van der Waals surface area contributed by atoms with E-state index in [9.17, 15) is 4.79 Å². The molecule has 2 bridgehead atoms. The largest absolute Gasteiger partial charge is 0.472 e. The summed E-state index contributed by atoms with van der Waals surface area (Å²) in [5, 5.41) is 0. The van der Waals surface area contributed by atoms with Crippen LogP contribution in [0.5, 0.6) is 0 Å². The van der Waals surface area contributed by atoms with Gasteiger partial charge in [0.15, 0.2) is 0 Å². The van der Waals surface area contributed by atoms with Crippen LogP contribution in [0, 0.1) is 22.7 Å². The molecule has 4 heteroatoms. The van der Waals surface area contributed by atoms with Crippen LogP contribution in [0.1, 0.15) is 65.4 Å². The summed E-state index contributed by atoms with van der Waals surface area (Å²) >= 11 is 0. The molecule has 0 N–H and O–H groups in total. The van der Waals surface area contributed by atoms with Crippen LogP contribution in [0.3, 0.4) is 0 Å². The molecule has 0 aromatic carbocycles. The highest BCUT2D eigenvalue weighted by atomic mass is 16.6. The molecule has 1 aromatic heterocycles. The van der Waals surface area contributed by atoms with E-state index in [2.05, 4.69) is 20.8 Å². The van der Waals surface area contributed by atoms with Crippen LogP contribution in [0.25, 0.3) is 0 Å². The Labute approximate surface area is 156 Å². The molecule has 26 heavy (non-hydrogen) atoms. The van der Waals surface area contributed by atoms with Crippen molar-refractivity contribution in [2.75, 3.05) is 6.61 Å². The first-order valence-electron chi connectivity index (χ1n) is 10.1. The van der Waals surface area contributed by atoms with E-state index in [4.69, 9.17) is 13.9 Å². The number of rotatable bonds is 4. The molecule has 4 nitrogen and oxygen atoms in total. The summed E-state index contributed by atoms with van der Waals surface area (Å²) in [5.41, 5.74) is 1.33. The van der Waals surface area contributed by atoms with E-state index >= 15 is 0 Å². The van der Waals surface area contributed by atoms with E-state index in [1.807, 2.05) is 6.07 Å². The Morgan fingerprint density at radius 3 is 2.81 bits per heavy atom. The average molecular weight is 360 g/mol. The van der Waals surface area contributed by atoms with Gasteiger partial charge in [-0.15, -0.1) is 0 Å². The van der Waals surface area contributed by atoms with Crippen LogP contribution in [-0.4, -0.2) is 24.3 Å². The zero-order chi connectivity index (χ0) is 18.6. The van der Waals surface area contributed by atoms with Crippen molar-refractivity contribution in [1.82, 2.24) is 0 Å². The molecule has 1 saturated heterocycles. The lowest BCUT2D eigenvalue weighted by molar-refractivity contribution is -0.167. The number of carbonyl (C=O) groups excluding carboxylic acids is 1. The molecule has 0 unspecified atom stereocenters. The fourth-order valence-corrected chi connectivity index (χ4v) is 6.81. The van der Waals surface area contributed by atoms with E-state index in [1.54, 1.807) is 12.5 Å². The third-order valence-electron chi connectivity index (χ3n) is 7.68. The van der Waals surface area contributed by atoms with Crippen molar-refractivity contribution < 1.29 is 18.7 Å². The van der Waals surface area contributed by atoms with E-state index in [0.717, 1.165) is 18.6 Å². The van der Waals surface area contributed by atoms with Gasteiger partial charge < -0.3 is 13.9 Å². The molecular weight excluding hydrogens is 328 g/mol. The third kappa shape index (κ3) is 2.72. The van der Waals surface area contributed by atoms with Crippen LogP contribution in [-0.2, 0) is 20.7 Å². The molecule has 5 atom stereocenters. The normalized spacial score (nSPS) is 39.2. The van der Waals surface area contributed by atoms with Crippen LogP contribution in [0.15, 0.2) is 23.0 Å². The van der Waals surface area contributed by atoms with E-state index in [1.165, 1.54) is 32.6 Å². The van der Waals surface area contributed by atoms with Crippen LogP contribution >= 0.6 is 0 Å². The quantitative estimate of drug-likeness (QED) is 0.726. The standard InChI is InChI=1S/C22H32O4/c1-15(23)26-17(12-16-7-11-24-13-16)19-21(4)10-6-18-20(2,3)8-5-9-22(18,19)14-25-21/h7,11,13,17-19H,5-6,8-10,12,14H2,1-4H3/t17-,18-,19+,21-,22+/m0/s1. The molecular formula is C22H32O4. The molecule has 0 radical (unpaired) electrons. The van der Waals surface area contributed by atoms with Gasteiger partial charge in [0, 0.05) is 24.7 Å². The molecule has 4 rings (SSSR count). The lowest BCUT2D eigenvalue weighted by Gasteiger charge is -2.58. The minimum Gasteiger partial charge on any atom is -0.472 e. The number of hydrogen-bond donors (Lipinski definition) is 0. The van der Waals surface area contributed by atoms with Crippen molar-refractivity contribution in [1.29, 1.82) is 0 Å². The van der Waals surface area contributed by atoms with Gasteiger partial charge in [-0.25, -0.2) is 0 Å². The number of ether oxygens (including phenoxy) is 2. The zero-order valence-electron chi connectivity index (χ0n) is 16.5. The predicted octanol–water partition coefficient (Wildman–Crippen LogP) is 4.77. The van der Waals surface area contributed by atoms with Crippen LogP contribution < -0.4 is 0 Å². The van der Waals surface area contributed by atoms with Crippen molar-refractivity contribution in [3.63, 3.8) is 0 Å². The number of esters is 1. The second-order valence-electron chi connectivity index (χ2n) is 9.73. The summed E-state index contributed by atoms with van der Waals surface area (Å²) < 4.78 is 17.7. The molecule has 2 aliphatic carbocycles. The smallest absolute Gasteiger partial charge is 0.302 e. The van der Waals surface area contributed by atoms with Crippen LogP contribution in [0.2, 0.25) is 0 Å². The highest BCUT2D eigenvalue weighted by molar-refractivity contribution is 5.66. The van der Waals surface area contributed by atoms with Gasteiger partial charge in [0.25, 0.3) is 0 Å². The van der Waals surface area contributed by atoms with E-state index < -0.39 is 0 Å². The van der Waals surface area contributed by atoms with Crippen molar-refractivity contribution >= 4 is 5.97 Å². The number of hydrogen-bond acceptors (Lipinski definition) is 4. The van der Waals surface area contributed by atoms with Crippen molar-refractivity contribution in [2.45, 2.75) is 77.9 Å². The molecule has 0 amide bonds. The Morgan fingerprint density at radius 1 is 1.31 bits per heavy atom. The summed E-state index contributed by atoms with van der Waals surface area (Å²) in [6, 6.07) is 1.98. The molecule has 3 aliphatic rings. The molecule has 3 fully saturated rings. The number of fused-ring (bicyclic) bond motifs is 1. The maximum Gasteiger partial charge on any atom is 0.302 e. The fourth-order valence-electron chi connectivity index (χ4n) is 6.81. The second kappa shape index (κ2) is 6.12. The van der Waals surface area contributed by atoms with Gasteiger partial charge in [0.1, 0.15) is 6.10 Å². The van der Waals surface area contributed by atoms with Gasteiger partial charge in [-0.3, -0.25) is 4.79 Å². The minimum atomic E-state index is -0.201. The molecule has 1 aliphatic heterocycles. The molecule has 1 aromatic rings. The summed E-state index contributed by atoms with van der Waals surface area (Å²) in [6.45, 7) is 9.43. The van der Waals surface area contributed by atoms with E-state index in [-0.39, 0.29) is 29.0 Å². The lowest BCUT2D eigenvalue weighted by atomic mass is 9.45. The topological polar surface area (TPSA) is 48.7 Å². The molecule has 2 saturated carbocycles. The fraction of sp³-hybridized carbons (Fsp3) is 0.773. The highest BCUT2D eigenvalue weighted by Gasteiger charge is 2.67. The zero-order valence-corrected chi connectivity index (χ0v) is 16.5. The Hall–Kier alpha value is -1.29. The first-order chi connectivity index (χ1) is 12.3. The van der Waals surface area contributed by atoms with Crippen molar-refractivity contribution in [3.8, 4) is 0 Å². The van der Waals surface area contributed by atoms with Crippen molar-refractivity contribution in [2.24, 2.45) is 22.7 Å². The Morgan fingerprint density at radius 2 is 2.12 bits per heavy atom. The minimum absolute atomic E-state index is 0.124. The summed E-state index contributed by atoms with van der Waals surface area (Å²) in [5.74, 6) is 0.675. The Bertz CT molecular complexity index is 664. The highest BCUT2D eigenvalue weighted by Crippen LogP contribution is 2.67. The summed E-state index contributed by atoms with van der Waals surface area (Å²) in [4.78, 5) is 12.0. The average Bonchev–Trinajstić information content (AvgIpc) is 3.09. The molecule has 2 heterocycles. The summed E-state index contributed by atoms with van der Waals surface area (Å²) in [7, 11) is 0. The summed E-state index contributed by atoms with van der Waals surface area (Å²) in [6.07, 6.45) is 9.98. The first-order valence-corrected chi connectivity index (χ1v) is 10.1. The van der Waals surface area contributed by atoms with Gasteiger partial charge >= 0.3 is 5.97 Å². The molecule has 1 spiro atoms. The second-order valence-corrected chi connectivity index (χ2v) is 9.73. The Balaban J connectivity index is 1.74. The number of carbonyl (C=O) groups is 1. The van der Waals surface area contributed by atoms with Crippen molar-refractivity contribution in [3.05, 3.63) is 24.2 Å². The maximum absolute atomic E-state index is 12.0. The van der Waals surface area contributed by atoms with E-state index in [0.29, 0.717) is 17.8 Å². The van der Waals surface area contributed by atoms with Gasteiger partial charge in [0.05, 0.1) is 24.7 Å². The number of furan rings is 1. The maximum atomic E-state index is 12.0. The first kappa shape index (κ1) is 18.1. The van der Waals surface area contributed by atoms with Gasteiger partial charge in [-0.2, -0.15) is 0 Å². The van der Waals surface area contributed by atoms with Crippen LogP contribution in [0.4, 0.5) is 0 Å². The monoisotopic (exact) mass is 360 g/mol. The van der Waals surface area contributed by atoms with Gasteiger partial charge in [0.2, 0.25) is 0 Å². The predicted molar refractivity (Wildman–Crippen MR) is 98.6 cm³/mol. The third-order valence-corrected chi connectivity index (χ3v) is 7.68. The van der Waals surface area contributed by atoms with Gasteiger partial charge in [-0.1, -0.05) is 20.3 Å². The molecule has 144 valence electrons. The lowest BCUT2D eigenvalue weighted by Crippen LogP contribution is -2.58.